The number of nitrogens with one attached hydrogen (secondary N) is 1. The fourth-order valence-corrected chi connectivity index (χ4v) is 1.54. The number of rotatable bonds is 5. The van der Waals surface area contributed by atoms with Crippen LogP contribution in [-0.2, 0) is 4.79 Å². The summed E-state index contributed by atoms with van der Waals surface area (Å²) in [6, 6.07) is 5.23. The molecule has 0 aliphatic heterocycles. The Labute approximate surface area is 101 Å². The van der Waals surface area contributed by atoms with Crippen LogP contribution in [0.15, 0.2) is 18.2 Å². The fraction of sp³-hybridized carbons (Fsp3) is 0.417. The van der Waals surface area contributed by atoms with Gasteiger partial charge in [-0.25, -0.2) is 0 Å². The zero-order chi connectivity index (χ0) is 12.0. The lowest BCUT2D eigenvalue weighted by atomic mass is 10.2. The van der Waals surface area contributed by atoms with Crippen molar-refractivity contribution in [3.8, 4) is 5.75 Å². The minimum atomic E-state index is 0.00252. The number of carbonyl (C=O) groups excluding carboxylic acids is 1. The van der Waals surface area contributed by atoms with Gasteiger partial charge in [-0.2, -0.15) is 0 Å². The van der Waals surface area contributed by atoms with Crippen LogP contribution in [-0.4, -0.2) is 12.5 Å². The van der Waals surface area contributed by atoms with Gasteiger partial charge in [0, 0.05) is 12.1 Å². The van der Waals surface area contributed by atoms with E-state index in [-0.39, 0.29) is 5.91 Å². The number of anilines is 1. The van der Waals surface area contributed by atoms with Crippen molar-refractivity contribution in [2.75, 3.05) is 11.9 Å². The highest BCUT2D eigenvalue weighted by molar-refractivity contribution is 6.32. The molecule has 0 fully saturated rings. The van der Waals surface area contributed by atoms with Crippen molar-refractivity contribution < 1.29 is 9.53 Å². The molecule has 0 atom stereocenters. The largest absolute Gasteiger partial charge is 0.492 e. The summed E-state index contributed by atoms with van der Waals surface area (Å²) in [6.07, 6.45) is 1.35. The monoisotopic (exact) mass is 241 g/mol. The lowest BCUT2D eigenvalue weighted by molar-refractivity contribution is -0.116. The van der Waals surface area contributed by atoms with Gasteiger partial charge in [0.15, 0.2) is 0 Å². The van der Waals surface area contributed by atoms with Crippen LogP contribution in [0.25, 0.3) is 0 Å². The van der Waals surface area contributed by atoms with Crippen LogP contribution in [0.5, 0.6) is 5.75 Å². The van der Waals surface area contributed by atoms with Crippen LogP contribution in [0.3, 0.4) is 0 Å². The highest BCUT2D eigenvalue weighted by Gasteiger charge is 2.05. The second-order valence-corrected chi connectivity index (χ2v) is 3.78. The molecule has 0 aromatic heterocycles. The highest BCUT2D eigenvalue weighted by Crippen LogP contribution is 2.27. The van der Waals surface area contributed by atoms with Gasteiger partial charge in [-0.3, -0.25) is 4.79 Å². The maximum Gasteiger partial charge on any atom is 0.224 e. The van der Waals surface area contributed by atoms with Gasteiger partial charge in [0.2, 0.25) is 5.91 Å². The zero-order valence-electron chi connectivity index (χ0n) is 9.55. The molecule has 0 radical (unpaired) electrons. The molecule has 88 valence electrons. The summed E-state index contributed by atoms with van der Waals surface area (Å²) in [7, 11) is 0. The molecule has 0 spiro atoms. The summed E-state index contributed by atoms with van der Waals surface area (Å²) >= 11 is 5.99. The van der Waals surface area contributed by atoms with Crippen LogP contribution < -0.4 is 10.1 Å². The van der Waals surface area contributed by atoms with E-state index in [1.807, 2.05) is 13.8 Å². The lowest BCUT2D eigenvalue weighted by Crippen LogP contribution is -2.10. The van der Waals surface area contributed by atoms with Gasteiger partial charge < -0.3 is 10.1 Å². The maximum absolute atomic E-state index is 11.3. The Kier molecular flexibility index (Phi) is 5.12. The third kappa shape index (κ3) is 3.74. The van der Waals surface area contributed by atoms with Crippen molar-refractivity contribution in [1.82, 2.24) is 0 Å². The number of amides is 1. The number of hydrogen-bond acceptors (Lipinski definition) is 2. The number of benzene rings is 1. The Balaban J connectivity index is 2.69. The Hall–Kier alpha value is -1.22. The third-order valence-corrected chi connectivity index (χ3v) is 2.29. The number of hydrogen-bond donors (Lipinski definition) is 1. The SMILES string of the molecule is CCCC(=O)Nc1ccc(OCC)c(Cl)c1. The topological polar surface area (TPSA) is 38.3 Å². The molecule has 1 amide bonds. The standard InChI is InChI=1S/C12H16ClNO2/c1-3-5-12(15)14-9-6-7-11(16-4-2)10(13)8-9/h6-8H,3-5H2,1-2H3,(H,14,15). The van der Waals surface area contributed by atoms with E-state index >= 15 is 0 Å². The predicted octanol–water partition coefficient (Wildman–Crippen LogP) is 3.48. The van der Waals surface area contributed by atoms with E-state index in [0.717, 1.165) is 6.42 Å². The minimum Gasteiger partial charge on any atom is -0.492 e. The molecule has 3 nitrogen and oxygen atoms in total. The van der Waals surface area contributed by atoms with E-state index in [1.165, 1.54) is 0 Å². The van der Waals surface area contributed by atoms with Crippen molar-refractivity contribution in [2.24, 2.45) is 0 Å². The average Bonchev–Trinajstić information content (AvgIpc) is 2.22. The molecule has 0 saturated carbocycles. The first-order chi connectivity index (χ1) is 7.67. The maximum atomic E-state index is 11.3. The number of ether oxygens (including phenoxy) is 1. The third-order valence-electron chi connectivity index (χ3n) is 1.99. The molecule has 1 aromatic carbocycles. The van der Waals surface area contributed by atoms with Crippen molar-refractivity contribution >= 4 is 23.2 Å². The van der Waals surface area contributed by atoms with Crippen molar-refractivity contribution in [3.05, 3.63) is 23.2 Å². The van der Waals surface area contributed by atoms with E-state index in [1.54, 1.807) is 18.2 Å². The summed E-state index contributed by atoms with van der Waals surface area (Å²) < 4.78 is 5.30. The van der Waals surface area contributed by atoms with Crippen LogP contribution in [0.2, 0.25) is 5.02 Å². The molecule has 0 aliphatic rings. The molecule has 0 saturated heterocycles. The average molecular weight is 242 g/mol. The summed E-state index contributed by atoms with van der Waals surface area (Å²) in [5.74, 6) is 0.639. The van der Waals surface area contributed by atoms with Gasteiger partial charge in [0.05, 0.1) is 11.6 Å². The summed E-state index contributed by atoms with van der Waals surface area (Å²) in [4.78, 5) is 11.3. The fourth-order valence-electron chi connectivity index (χ4n) is 1.30. The van der Waals surface area contributed by atoms with E-state index in [0.29, 0.717) is 29.5 Å². The van der Waals surface area contributed by atoms with Crippen molar-refractivity contribution in [3.63, 3.8) is 0 Å². The molecule has 4 heteroatoms. The summed E-state index contributed by atoms with van der Waals surface area (Å²) in [5.41, 5.74) is 0.701. The molecule has 1 N–H and O–H groups in total. The Morgan fingerprint density at radius 2 is 2.19 bits per heavy atom. The first-order valence-corrected chi connectivity index (χ1v) is 5.77. The molecular weight excluding hydrogens is 226 g/mol. The van der Waals surface area contributed by atoms with Gasteiger partial charge in [-0.15, -0.1) is 0 Å². The van der Waals surface area contributed by atoms with Gasteiger partial charge in [-0.1, -0.05) is 18.5 Å². The number of halogens is 1. The lowest BCUT2D eigenvalue weighted by Gasteiger charge is -2.08. The molecule has 16 heavy (non-hydrogen) atoms. The van der Waals surface area contributed by atoms with E-state index in [9.17, 15) is 4.79 Å². The van der Waals surface area contributed by atoms with Crippen molar-refractivity contribution in [1.29, 1.82) is 0 Å². The first kappa shape index (κ1) is 12.8. The van der Waals surface area contributed by atoms with Gasteiger partial charge in [-0.05, 0) is 31.5 Å². The molecule has 0 aliphatic carbocycles. The van der Waals surface area contributed by atoms with Crippen LogP contribution in [0.1, 0.15) is 26.7 Å². The Morgan fingerprint density at radius 1 is 1.44 bits per heavy atom. The zero-order valence-corrected chi connectivity index (χ0v) is 10.3. The molecule has 1 rings (SSSR count). The second-order valence-electron chi connectivity index (χ2n) is 3.38. The quantitative estimate of drug-likeness (QED) is 0.857. The van der Waals surface area contributed by atoms with Gasteiger partial charge in [0.1, 0.15) is 5.75 Å². The molecule has 0 heterocycles. The Morgan fingerprint density at radius 3 is 2.75 bits per heavy atom. The minimum absolute atomic E-state index is 0.00252. The smallest absolute Gasteiger partial charge is 0.224 e. The summed E-state index contributed by atoms with van der Waals surface area (Å²) in [6.45, 7) is 4.43. The van der Waals surface area contributed by atoms with Crippen LogP contribution in [0, 0.1) is 0 Å². The van der Waals surface area contributed by atoms with Gasteiger partial charge >= 0.3 is 0 Å². The number of carbonyl (C=O) groups is 1. The van der Waals surface area contributed by atoms with E-state index in [4.69, 9.17) is 16.3 Å². The van der Waals surface area contributed by atoms with Gasteiger partial charge in [0.25, 0.3) is 0 Å². The van der Waals surface area contributed by atoms with Crippen LogP contribution >= 0.6 is 11.6 Å². The molecular formula is C12H16ClNO2. The first-order valence-electron chi connectivity index (χ1n) is 5.39. The Bertz CT molecular complexity index is 366. The highest BCUT2D eigenvalue weighted by atomic mass is 35.5. The van der Waals surface area contributed by atoms with E-state index in [2.05, 4.69) is 5.32 Å². The molecule has 1 aromatic rings. The molecule has 0 unspecified atom stereocenters. The summed E-state index contributed by atoms with van der Waals surface area (Å²) in [5, 5.41) is 3.28. The predicted molar refractivity (Wildman–Crippen MR) is 66.2 cm³/mol. The second kappa shape index (κ2) is 6.38. The van der Waals surface area contributed by atoms with E-state index < -0.39 is 0 Å². The normalized spacial score (nSPS) is 9.94. The van der Waals surface area contributed by atoms with Crippen molar-refractivity contribution in [2.45, 2.75) is 26.7 Å². The van der Waals surface area contributed by atoms with Crippen LogP contribution in [0.4, 0.5) is 5.69 Å². The molecule has 0 bridgehead atoms.